The van der Waals surface area contributed by atoms with Crippen LogP contribution in [-0.2, 0) is 14.4 Å². The van der Waals surface area contributed by atoms with Crippen LogP contribution in [0.25, 0.3) is 0 Å². The maximum atomic E-state index is 13.2. The minimum absolute atomic E-state index is 0.0673. The number of hydrogen-bond donors (Lipinski definition) is 0. The highest BCUT2D eigenvalue weighted by atomic mass is 32.2. The van der Waals surface area contributed by atoms with Crippen LogP contribution >= 0.6 is 11.8 Å². The Labute approximate surface area is 152 Å². The summed E-state index contributed by atoms with van der Waals surface area (Å²) in [5.41, 5.74) is 1.89. The number of ether oxygens (including phenoxy) is 1. The van der Waals surface area contributed by atoms with E-state index < -0.39 is 6.10 Å². The van der Waals surface area contributed by atoms with Crippen LogP contribution in [0.5, 0.6) is 0 Å². The van der Waals surface area contributed by atoms with Gasteiger partial charge in [-0.15, -0.1) is 0 Å². The summed E-state index contributed by atoms with van der Waals surface area (Å²) in [6.07, 6.45) is 3.41. The van der Waals surface area contributed by atoms with Crippen molar-refractivity contribution < 1.29 is 14.4 Å². The van der Waals surface area contributed by atoms with Gasteiger partial charge in [-0.25, -0.2) is 0 Å². The van der Waals surface area contributed by atoms with E-state index in [2.05, 4.69) is 5.16 Å². The lowest BCUT2D eigenvalue weighted by atomic mass is 10.0. The van der Waals surface area contributed by atoms with Gasteiger partial charge in [-0.05, 0) is 30.6 Å². The Balaban J connectivity index is 1.43. The van der Waals surface area contributed by atoms with Crippen LogP contribution in [0.4, 0.5) is 0 Å². The monoisotopic (exact) mass is 360 g/mol. The van der Waals surface area contributed by atoms with E-state index in [1.54, 1.807) is 0 Å². The van der Waals surface area contributed by atoms with E-state index in [1.165, 1.54) is 0 Å². The van der Waals surface area contributed by atoms with Crippen molar-refractivity contribution in [2.45, 2.75) is 43.9 Å². The maximum Gasteiger partial charge on any atom is 0.267 e. The molecule has 0 radical (unpaired) electrons. The third-order valence-corrected chi connectivity index (χ3v) is 6.25. The molecule has 0 N–H and O–H groups in total. The van der Waals surface area contributed by atoms with E-state index in [-0.39, 0.29) is 12.0 Å². The van der Waals surface area contributed by atoms with Crippen molar-refractivity contribution in [2.75, 3.05) is 24.7 Å². The molecule has 3 aliphatic rings. The molecule has 1 aromatic rings. The highest BCUT2D eigenvalue weighted by molar-refractivity contribution is 7.99. The van der Waals surface area contributed by atoms with Crippen LogP contribution in [0.15, 0.2) is 35.5 Å². The normalized spacial score (nSPS) is 28.6. The second-order valence-corrected chi connectivity index (χ2v) is 8.00. The lowest BCUT2D eigenvalue weighted by Crippen LogP contribution is -2.49. The molecule has 25 heavy (non-hydrogen) atoms. The van der Waals surface area contributed by atoms with E-state index in [4.69, 9.17) is 9.57 Å². The number of benzene rings is 1. The first kappa shape index (κ1) is 16.9. The summed E-state index contributed by atoms with van der Waals surface area (Å²) < 4.78 is 5.78. The lowest BCUT2D eigenvalue weighted by molar-refractivity contribution is -0.145. The number of hydrogen-bond acceptors (Lipinski definition) is 5. The number of thioether (sulfide) groups is 1. The van der Waals surface area contributed by atoms with Crippen molar-refractivity contribution in [1.82, 2.24) is 4.90 Å². The molecule has 0 aliphatic carbocycles. The fraction of sp³-hybridized carbons (Fsp3) is 0.579. The SMILES string of the molecule is O=C(C1CC(c2ccccc2)=NO1)N(CC1CCCO1)C1CCSC1. The molecule has 1 amide bonds. The van der Waals surface area contributed by atoms with Crippen molar-refractivity contribution in [2.24, 2.45) is 5.16 Å². The topological polar surface area (TPSA) is 51.1 Å². The molecule has 2 saturated heterocycles. The standard InChI is InChI=1S/C19H24N2O3S/c22-19(18-11-17(20-24-18)14-5-2-1-3-6-14)21(15-8-10-25-13-15)12-16-7-4-9-23-16/h1-3,5-6,15-16,18H,4,7-13H2. The third-order valence-electron chi connectivity index (χ3n) is 5.11. The van der Waals surface area contributed by atoms with Gasteiger partial charge < -0.3 is 14.5 Å². The molecule has 1 aromatic carbocycles. The van der Waals surface area contributed by atoms with Gasteiger partial charge in [-0.3, -0.25) is 4.79 Å². The average molecular weight is 360 g/mol. The number of rotatable bonds is 5. The summed E-state index contributed by atoms with van der Waals surface area (Å²) in [6.45, 7) is 1.50. The zero-order chi connectivity index (χ0) is 17.1. The molecule has 5 nitrogen and oxygen atoms in total. The fourth-order valence-electron chi connectivity index (χ4n) is 3.69. The Bertz CT molecular complexity index is 625. The molecular formula is C19H24N2O3S. The van der Waals surface area contributed by atoms with Gasteiger partial charge in [0.1, 0.15) is 0 Å². The first-order valence-corrected chi connectivity index (χ1v) is 10.2. The summed E-state index contributed by atoms with van der Waals surface area (Å²) in [4.78, 5) is 20.7. The largest absolute Gasteiger partial charge is 0.382 e. The van der Waals surface area contributed by atoms with E-state index in [9.17, 15) is 4.79 Å². The average Bonchev–Trinajstić information content (AvgIpc) is 3.42. The van der Waals surface area contributed by atoms with Crippen LogP contribution in [-0.4, -0.2) is 59.4 Å². The van der Waals surface area contributed by atoms with Gasteiger partial charge in [-0.2, -0.15) is 11.8 Å². The molecule has 0 bridgehead atoms. The van der Waals surface area contributed by atoms with Crippen LogP contribution < -0.4 is 0 Å². The number of carbonyl (C=O) groups excluding carboxylic acids is 1. The van der Waals surface area contributed by atoms with Crippen molar-refractivity contribution in [3.63, 3.8) is 0 Å². The Morgan fingerprint density at radius 1 is 1.28 bits per heavy atom. The molecule has 0 spiro atoms. The summed E-state index contributed by atoms with van der Waals surface area (Å²) in [6, 6.07) is 10.2. The van der Waals surface area contributed by atoms with Crippen molar-refractivity contribution in [3.05, 3.63) is 35.9 Å². The Hall–Kier alpha value is -1.53. The molecule has 3 heterocycles. The van der Waals surface area contributed by atoms with Crippen LogP contribution in [0.2, 0.25) is 0 Å². The van der Waals surface area contributed by atoms with Gasteiger partial charge in [0, 0.05) is 31.4 Å². The predicted molar refractivity (Wildman–Crippen MR) is 98.9 cm³/mol. The highest BCUT2D eigenvalue weighted by Crippen LogP contribution is 2.27. The van der Waals surface area contributed by atoms with Crippen LogP contribution in [0.3, 0.4) is 0 Å². The van der Waals surface area contributed by atoms with Crippen LogP contribution in [0.1, 0.15) is 31.2 Å². The van der Waals surface area contributed by atoms with E-state index in [1.807, 2.05) is 47.0 Å². The predicted octanol–water partition coefficient (Wildman–Crippen LogP) is 2.69. The number of oxime groups is 1. The van der Waals surface area contributed by atoms with Crippen molar-refractivity contribution in [3.8, 4) is 0 Å². The summed E-state index contributed by atoms with van der Waals surface area (Å²) in [7, 11) is 0. The number of carbonyl (C=O) groups is 1. The lowest BCUT2D eigenvalue weighted by Gasteiger charge is -2.32. The minimum atomic E-state index is -0.498. The van der Waals surface area contributed by atoms with Gasteiger partial charge in [0.2, 0.25) is 6.10 Å². The Morgan fingerprint density at radius 2 is 2.16 bits per heavy atom. The minimum Gasteiger partial charge on any atom is -0.382 e. The smallest absolute Gasteiger partial charge is 0.267 e. The van der Waals surface area contributed by atoms with Gasteiger partial charge in [0.15, 0.2) is 0 Å². The Kier molecular flexibility index (Phi) is 5.27. The second-order valence-electron chi connectivity index (χ2n) is 6.85. The molecule has 2 fully saturated rings. The summed E-state index contributed by atoms with van der Waals surface area (Å²) in [5, 5.41) is 4.18. The molecule has 134 valence electrons. The Morgan fingerprint density at radius 3 is 2.88 bits per heavy atom. The summed E-state index contributed by atoms with van der Waals surface area (Å²) >= 11 is 1.92. The fourth-order valence-corrected chi connectivity index (χ4v) is 4.91. The van der Waals surface area contributed by atoms with E-state index in [0.29, 0.717) is 19.0 Å². The van der Waals surface area contributed by atoms with Crippen molar-refractivity contribution >= 4 is 23.4 Å². The number of amides is 1. The molecular weight excluding hydrogens is 336 g/mol. The van der Waals surface area contributed by atoms with E-state index >= 15 is 0 Å². The molecule has 3 aliphatic heterocycles. The van der Waals surface area contributed by atoms with Gasteiger partial charge in [0.25, 0.3) is 5.91 Å². The third kappa shape index (κ3) is 3.85. The van der Waals surface area contributed by atoms with Crippen LogP contribution in [0, 0.1) is 0 Å². The maximum absolute atomic E-state index is 13.2. The zero-order valence-electron chi connectivity index (χ0n) is 14.3. The zero-order valence-corrected chi connectivity index (χ0v) is 15.1. The van der Waals surface area contributed by atoms with Gasteiger partial charge in [0.05, 0.1) is 11.8 Å². The van der Waals surface area contributed by atoms with Gasteiger partial charge >= 0.3 is 0 Å². The number of nitrogens with zero attached hydrogens (tertiary/aromatic N) is 2. The first-order valence-electron chi connectivity index (χ1n) is 9.09. The molecule has 0 aromatic heterocycles. The molecule has 4 rings (SSSR count). The molecule has 6 heteroatoms. The highest BCUT2D eigenvalue weighted by Gasteiger charge is 2.38. The summed E-state index contributed by atoms with van der Waals surface area (Å²) in [5.74, 6) is 2.20. The molecule has 0 saturated carbocycles. The molecule has 3 atom stereocenters. The molecule has 3 unspecified atom stereocenters. The second kappa shape index (κ2) is 7.79. The van der Waals surface area contributed by atoms with Crippen molar-refractivity contribution in [1.29, 1.82) is 0 Å². The van der Waals surface area contributed by atoms with Gasteiger partial charge in [-0.1, -0.05) is 35.5 Å². The quantitative estimate of drug-likeness (QED) is 0.810. The first-order chi connectivity index (χ1) is 12.3. The van der Waals surface area contributed by atoms with E-state index in [0.717, 1.165) is 48.7 Å².